The number of hydrogen-bond donors (Lipinski definition) is 1. The highest BCUT2D eigenvalue weighted by molar-refractivity contribution is 6.35. The molecule has 1 N–H and O–H groups in total. The van der Waals surface area contributed by atoms with Gasteiger partial charge in [-0.1, -0.05) is 35.3 Å². The molecule has 3 nitrogen and oxygen atoms in total. The molecule has 0 saturated carbocycles. The number of rotatable bonds is 2. The van der Waals surface area contributed by atoms with Crippen LogP contribution in [0.1, 0.15) is 12.0 Å². The van der Waals surface area contributed by atoms with Gasteiger partial charge in [0.05, 0.1) is 17.3 Å². The third-order valence-electron chi connectivity index (χ3n) is 3.50. The molecule has 0 radical (unpaired) electrons. The molecule has 3 rings (SSSR count). The van der Waals surface area contributed by atoms with Crippen LogP contribution in [0.25, 0.3) is 0 Å². The Morgan fingerprint density at radius 3 is 2.86 bits per heavy atom. The van der Waals surface area contributed by atoms with Gasteiger partial charge in [0.15, 0.2) is 0 Å². The Morgan fingerprint density at radius 1 is 1.19 bits per heavy atom. The molecule has 0 unspecified atom stereocenters. The largest absolute Gasteiger partial charge is 0.506 e. The van der Waals surface area contributed by atoms with Crippen LogP contribution in [0.3, 0.4) is 0 Å². The first-order chi connectivity index (χ1) is 10.1. The number of benzene rings is 2. The van der Waals surface area contributed by atoms with Gasteiger partial charge in [-0.05, 0) is 30.7 Å². The zero-order chi connectivity index (χ0) is 14.8. The molecule has 0 fully saturated rings. The number of fused-ring (bicyclic) bond motifs is 1. The fourth-order valence-electron chi connectivity index (χ4n) is 2.51. The summed E-state index contributed by atoms with van der Waals surface area (Å²) in [7, 11) is 0. The van der Waals surface area contributed by atoms with E-state index in [9.17, 15) is 5.11 Å². The van der Waals surface area contributed by atoms with Crippen LogP contribution < -0.4 is 9.64 Å². The van der Waals surface area contributed by atoms with Gasteiger partial charge in [-0.25, -0.2) is 0 Å². The van der Waals surface area contributed by atoms with Gasteiger partial charge in [-0.2, -0.15) is 0 Å². The number of phenolic OH excluding ortho intramolecular Hbond substituents is 1. The Hall–Kier alpha value is -1.58. The van der Waals surface area contributed by atoms with Crippen LogP contribution in [0, 0.1) is 0 Å². The molecule has 1 aliphatic rings. The predicted octanol–water partition coefficient (Wildman–Crippen LogP) is 4.49. The summed E-state index contributed by atoms with van der Waals surface area (Å²) in [5, 5.41) is 10.9. The molecule has 0 bridgehead atoms. The predicted molar refractivity (Wildman–Crippen MR) is 85.7 cm³/mol. The smallest absolute Gasteiger partial charge is 0.142 e. The van der Waals surface area contributed by atoms with Gasteiger partial charge in [-0.3, -0.25) is 0 Å². The highest BCUT2D eigenvalue weighted by Crippen LogP contribution is 2.36. The fourth-order valence-corrected chi connectivity index (χ4v) is 3.04. The van der Waals surface area contributed by atoms with E-state index in [2.05, 4.69) is 4.90 Å². The second-order valence-corrected chi connectivity index (χ2v) is 5.83. The van der Waals surface area contributed by atoms with E-state index in [1.165, 1.54) is 0 Å². The van der Waals surface area contributed by atoms with Crippen LogP contribution in [-0.2, 0) is 6.54 Å². The minimum Gasteiger partial charge on any atom is -0.506 e. The number of phenols is 1. The van der Waals surface area contributed by atoms with E-state index in [0.717, 1.165) is 24.4 Å². The lowest BCUT2D eigenvalue weighted by molar-refractivity contribution is 0.322. The molecule has 2 aromatic carbocycles. The van der Waals surface area contributed by atoms with E-state index in [1.807, 2.05) is 24.3 Å². The summed E-state index contributed by atoms with van der Waals surface area (Å²) in [4.78, 5) is 2.17. The molecule has 0 spiro atoms. The van der Waals surface area contributed by atoms with Crippen LogP contribution in [0.15, 0.2) is 36.4 Å². The summed E-state index contributed by atoms with van der Waals surface area (Å²) in [5.41, 5.74) is 1.73. The van der Waals surface area contributed by atoms with Crippen molar-refractivity contribution in [2.75, 3.05) is 18.1 Å². The summed E-state index contributed by atoms with van der Waals surface area (Å²) in [6.45, 7) is 2.07. The minimum atomic E-state index is 0.0868. The van der Waals surface area contributed by atoms with Crippen LogP contribution in [-0.4, -0.2) is 18.3 Å². The van der Waals surface area contributed by atoms with E-state index in [4.69, 9.17) is 27.9 Å². The zero-order valence-corrected chi connectivity index (χ0v) is 12.9. The molecular weight excluding hydrogens is 309 g/mol. The molecule has 0 saturated heterocycles. The summed E-state index contributed by atoms with van der Waals surface area (Å²) in [5.74, 6) is 0.950. The van der Waals surface area contributed by atoms with Crippen molar-refractivity contribution in [1.82, 2.24) is 0 Å². The molecule has 5 heteroatoms. The Bertz CT molecular complexity index is 661. The number of halogens is 2. The number of anilines is 1. The highest BCUT2D eigenvalue weighted by atomic mass is 35.5. The van der Waals surface area contributed by atoms with Gasteiger partial charge in [0.25, 0.3) is 0 Å². The Morgan fingerprint density at radius 2 is 2.00 bits per heavy atom. The summed E-state index contributed by atoms with van der Waals surface area (Å²) < 4.78 is 5.74. The highest BCUT2D eigenvalue weighted by Gasteiger charge is 2.18. The molecule has 0 amide bonds. The fraction of sp³-hybridized carbons (Fsp3) is 0.250. The second-order valence-electron chi connectivity index (χ2n) is 4.99. The van der Waals surface area contributed by atoms with Crippen molar-refractivity contribution >= 4 is 28.9 Å². The second kappa shape index (κ2) is 6.04. The maximum Gasteiger partial charge on any atom is 0.142 e. The van der Waals surface area contributed by atoms with E-state index in [1.54, 1.807) is 12.1 Å². The minimum absolute atomic E-state index is 0.0868. The monoisotopic (exact) mass is 323 g/mol. The quantitative estimate of drug-likeness (QED) is 0.883. The standard InChI is InChI=1S/C16H15Cl2NO2/c17-12-8-11(16(20)13(18)9-12)10-19-6-3-7-21-15-5-2-1-4-14(15)19/h1-2,4-5,8-9,20H,3,6-7,10H2. The van der Waals surface area contributed by atoms with E-state index in [0.29, 0.717) is 23.7 Å². The van der Waals surface area contributed by atoms with Gasteiger partial charge in [0, 0.05) is 23.7 Å². The molecule has 1 aliphatic heterocycles. The zero-order valence-electron chi connectivity index (χ0n) is 11.4. The summed E-state index contributed by atoms with van der Waals surface area (Å²) in [6.07, 6.45) is 0.920. The number of aromatic hydroxyl groups is 1. The SMILES string of the molecule is Oc1c(Cl)cc(Cl)cc1CN1CCCOc2ccccc21. The van der Waals surface area contributed by atoms with Crippen molar-refractivity contribution in [3.63, 3.8) is 0 Å². The van der Waals surface area contributed by atoms with E-state index in [-0.39, 0.29) is 10.8 Å². The molecule has 0 aromatic heterocycles. The van der Waals surface area contributed by atoms with Crippen LogP contribution in [0.2, 0.25) is 10.0 Å². The molecule has 0 atom stereocenters. The van der Waals surface area contributed by atoms with Crippen LogP contribution in [0.5, 0.6) is 11.5 Å². The molecule has 2 aromatic rings. The van der Waals surface area contributed by atoms with Gasteiger partial charge < -0.3 is 14.7 Å². The molecular formula is C16H15Cl2NO2. The first-order valence-electron chi connectivity index (χ1n) is 6.79. The van der Waals surface area contributed by atoms with E-state index < -0.39 is 0 Å². The van der Waals surface area contributed by atoms with Crippen molar-refractivity contribution in [3.8, 4) is 11.5 Å². The molecule has 21 heavy (non-hydrogen) atoms. The van der Waals surface area contributed by atoms with Crippen LogP contribution >= 0.6 is 23.2 Å². The average Bonchev–Trinajstić information content (AvgIpc) is 2.67. The Kier molecular flexibility index (Phi) is 4.13. The Balaban J connectivity index is 1.95. The van der Waals surface area contributed by atoms with Crippen molar-refractivity contribution < 1.29 is 9.84 Å². The van der Waals surface area contributed by atoms with Crippen molar-refractivity contribution in [2.45, 2.75) is 13.0 Å². The lowest BCUT2D eigenvalue weighted by Gasteiger charge is -2.24. The lowest BCUT2D eigenvalue weighted by atomic mass is 10.1. The van der Waals surface area contributed by atoms with Crippen molar-refractivity contribution in [3.05, 3.63) is 52.0 Å². The van der Waals surface area contributed by atoms with E-state index >= 15 is 0 Å². The summed E-state index contributed by atoms with van der Waals surface area (Å²) >= 11 is 12.0. The van der Waals surface area contributed by atoms with Crippen molar-refractivity contribution in [2.24, 2.45) is 0 Å². The molecule has 110 valence electrons. The Labute approximate surface area is 133 Å². The van der Waals surface area contributed by atoms with Gasteiger partial charge in [0.2, 0.25) is 0 Å². The first kappa shape index (κ1) is 14.4. The number of nitrogens with zero attached hydrogens (tertiary/aromatic N) is 1. The maximum atomic E-state index is 10.1. The molecule has 0 aliphatic carbocycles. The third kappa shape index (κ3) is 3.04. The number of hydrogen-bond acceptors (Lipinski definition) is 3. The number of para-hydroxylation sites is 2. The maximum absolute atomic E-state index is 10.1. The van der Waals surface area contributed by atoms with Gasteiger partial charge in [0.1, 0.15) is 11.5 Å². The first-order valence-corrected chi connectivity index (χ1v) is 7.54. The lowest BCUT2D eigenvalue weighted by Crippen LogP contribution is -2.23. The van der Waals surface area contributed by atoms with Crippen LogP contribution in [0.4, 0.5) is 5.69 Å². The average molecular weight is 324 g/mol. The normalized spacial score (nSPS) is 14.3. The number of ether oxygens (including phenoxy) is 1. The summed E-state index contributed by atoms with van der Waals surface area (Å²) in [6, 6.07) is 11.2. The van der Waals surface area contributed by atoms with Gasteiger partial charge in [-0.15, -0.1) is 0 Å². The van der Waals surface area contributed by atoms with Crippen molar-refractivity contribution in [1.29, 1.82) is 0 Å². The molecule has 1 heterocycles. The third-order valence-corrected chi connectivity index (χ3v) is 4.01. The topological polar surface area (TPSA) is 32.7 Å². The van der Waals surface area contributed by atoms with Gasteiger partial charge >= 0.3 is 0 Å².